The highest BCUT2D eigenvalue weighted by Crippen LogP contribution is 2.38. The maximum Gasteiger partial charge on any atom is 0.242 e. The Morgan fingerprint density at radius 2 is 1.77 bits per heavy atom. The minimum atomic E-state index is -0.247. The smallest absolute Gasteiger partial charge is 0.242 e. The van der Waals surface area contributed by atoms with E-state index in [9.17, 15) is 14.4 Å². The SMILES string of the molecule is COc1ccccc1C(C)N(C)C(=O)CN1C(=O)C2CCCCC2C1=O. The van der Waals surface area contributed by atoms with Crippen molar-refractivity contribution in [1.29, 1.82) is 0 Å². The number of methoxy groups -OCH3 is 1. The van der Waals surface area contributed by atoms with E-state index in [4.69, 9.17) is 4.74 Å². The van der Waals surface area contributed by atoms with E-state index in [0.717, 1.165) is 31.2 Å². The highest BCUT2D eigenvalue weighted by molar-refractivity contribution is 6.07. The number of likely N-dealkylation sites (tertiary alicyclic amines) is 1. The van der Waals surface area contributed by atoms with Gasteiger partial charge in [0.1, 0.15) is 12.3 Å². The van der Waals surface area contributed by atoms with Crippen LogP contribution in [0.1, 0.15) is 44.2 Å². The third-order valence-electron chi connectivity index (χ3n) is 5.79. The Labute approximate surface area is 154 Å². The van der Waals surface area contributed by atoms with Crippen LogP contribution < -0.4 is 4.74 Å². The number of ether oxygens (including phenoxy) is 1. The summed E-state index contributed by atoms with van der Waals surface area (Å²) in [5.74, 6) is -0.331. The summed E-state index contributed by atoms with van der Waals surface area (Å²) in [6, 6.07) is 7.30. The zero-order chi connectivity index (χ0) is 18.8. The predicted molar refractivity (Wildman–Crippen MR) is 96.3 cm³/mol. The summed E-state index contributed by atoms with van der Waals surface area (Å²) in [6.45, 7) is 1.73. The molecule has 1 heterocycles. The lowest BCUT2D eigenvalue weighted by Gasteiger charge is -2.28. The van der Waals surface area contributed by atoms with Crippen LogP contribution in [-0.2, 0) is 14.4 Å². The summed E-state index contributed by atoms with van der Waals surface area (Å²) >= 11 is 0. The van der Waals surface area contributed by atoms with Gasteiger partial charge >= 0.3 is 0 Å². The molecule has 3 rings (SSSR count). The van der Waals surface area contributed by atoms with Crippen LogP contribution >= 0.6 is 0 Å². The maximum absolute atomic E-state index is 12.7. The van der Waals surface area contributed by atoms with Crippen molar-refractivity contribution in [1.82, 2.24) is 9.80 Å². The van der Waals surface area contributed by atoms with E-state index in [1.54, 1.807) is 19.1 Å². The van der Waals surface area contributed by atoms with E-state index >= 15 is 0 Å². The molecule has 1 saturated heterocycles. The van der Waals surface area contributed by atoms with Gasteiger partial charge in [-0.1, -0.05) is 31.0 Å². The fraction of sp³-hybridized carbons (Fsp3) is 0.550. The molecule has 1 aromatic carbocycles. The molecule has 0 spiro atoms. The molecule has 3 unspecified atom stereocenters. The molecule has 3 atom stereocenters. The van der Waals surface area contributed by atoms with Crippen LogP contribution in [0, 0.1) is 11.8 Å². The van der Waals surface area contributed by atoms with Crippen LogP contribution in [-0.4, -0.2) is 48.2 Å². The highest BCUT2D eigenvalue weighted by Gasteiger charge is 2.48. The van der Waals surface area contributed by atoms with Crippen molar-refractivity contribution >= 4 is 17.7 Å². The second-order valence-corrected chi connectivity index (χ2v) is 7.18. The van der Waals surface area contributed by atoms with Crippen LogP contribution in [0.3, 0.4) is 0 Å². The van der Waals surface area contributed by atoms with Crippen molar-refractivity contribution in [3.05, 3.63) is 29.8 Å². The van der Waals surface area contributed by atoms with E-state index in [0.29, 0.717) is 5.75 Å². The molecule has 2 fully saturated rings. The predicted octanol–water partition coefficient (Wildman–Crippen LogP) is 2.39. The molecular formula is C20H26N2O4. The summed E-state index contributed by atoms with van der Waals surface area (Å²) in [5, 5.41) is 0. The second-order valence-electron chi connectivity index (χ2n) is 7.18. The molecule has 1 aliphatic carbocycles. The lowest BCUT2D eigenvalue weighted by atomic mass is 9.81. The molecule has 1 saturated carbocycles. The normalized spacial score (nSPS) is 23.6. The number of nitrogens with zero attached hydrogens (tertiary/aromatic N) is 2. The Kier molecular flexibility index (Phi) is 5.30. The number of imide groups is 1. The average molecular weight is 358 g/mol. The molecule has 6 heteroatoms. The van der Waals surface area contributed by atoms with Crippen LogP contribution in [0.15, 0.2) is 24.3 Å². The molecule has 0 N–H and O–H groups in total. The minimum Gasteiger partial charge on any atom is -0.496 e. The maximum atomic E-state index is 12.7. The topological polar surface area (TPSA) is 66.9 Å². The quantitative estimate of drug-likeness (QED) is 0.758. The zero-order valence-corrected chi connectivity index (χ0v) is 15.6. The molecule has 140 valence electrons. The van der Waals surface area contributed by atoms with Gasteiger partial charge in [0.05, 0.1) is 25.0 Å². The van der Waals surface area contributed by atoms with E-state index in [1.807, 2.05) is 31.2 Å². The first-order chi connectivity index (χ1) is 12.5. The third-order valence-corrected chi connectivity index (χ3v) is 5.79. The number of amides is 3. The molecule has 0 bridgehead atoms. The van der Waals surface area contributed by atoms with Gasteiger partial charge in [0.15, 0.2) is 0 Å². The minimum absolute atomic E-state index is 0.175. The number of hydrogen-bond acceptors (Lipinski definition) is 4. The van der Waals surface area contributed by atoms with Gasteiger partial charge in [-0.25, -0.2) is 0 Å². The summed E-state index contributed by atoms with van der Waals surface area (Å²) in [7, 11) is 3.29. The monoisotopic (exact) mass is 358 g/mol. The van der Waals surface area contributed by atoms with Gasteiger partial charge < -0.3 is 9.64 Å². The lowest BCUT2D eigenvalue weighted by molar-refractivity contribution is -0.146. The lowest BCUT2D eigenvalue weighted by Crippen LogP contribution is -2.42. The van der Waals surface area contributed by atoms with E-state index in [-0.39, 0.29) is 42.1 Å². The number of para-hydroxylation sites is 1. The Hall–Kier alpha value is -2.37. The first-order valence-electron chi connectivity index (χ1n) is 9.19. The molecule has 3 amide bonds. The Morgan fingerprint density at radius 1 is 1.19 bits per heavy atom. The van der Waals surface area contributed by atoms with Gasteiger partial charge in [0.25, 0.3) is 0 Å². The van der Waals surface area contributed by atoms with E-state index in [2.05, 4.69) is 0 Å². The van der Waals surface area contributed by atoms with Crippen molar-refractivity contribution in [2.75, 3.05) is 20.7 Å². The van der Waals surface area contributed by atoms with Crippen molar-refractivity contribution in [3.63, 3.8) is 0 Å². The first-order valence-corrected chi connectivity index (χ1v) is 9.19. The summed E-state index contributed by atoms with van der Waals surface area (Å²) < 4.78 is 5.37. The molecule has 6 nitrogen and oxygen atoms in total. The molecule has 1 aliphatic heterocycles. The van der Waals surface area contributed by atoms with Gasteiger partial charge in [-0.3, -0.25) is 19.3 Å². The molecular weight excluding hydrogens is 332 g/mol. The number of carbonyl (C=O) groups excluding carboxylic acids is 3. The summed E-state index contributed by atoms with van der Waals surface area (Å²) in [5.41, 5.74) is 0.888. The first kappa shape index (κ1) is 18.4. The number of rotatable bonds is 5. The standard InChI is InChI=1S/C20H26N2O4/c1-13(14-8-6-7-11-17(14)26-3)21(2)18(23)12-22-19(24)15-9-4-5-10-16(15)20(22)25/h6-8,11,13,15-16H,4-5,9-10,12H2,1-3H3. The van der Waals surface area contributed by atoms with Crippen LogP contribution in [0.4, 0.5) is 0 Å². The van der Waals surface area contributed by atoms with E-state index < -0.39 is 0 Å². The zero-order valence-electron chi connectivity index (χ0n) is 15.6. The average Bonchev–Trinajstić information content (AvgIpc) is 2.92. The van der Waals surface area contributed by atoms with Crippen molar-refractivity contribution < 1.29 is 19.1 Å². The van der Waals surface area contributed by atoms with Gasteiger partial charge in [-0.05, 0) is 25.8 Å². The fourth-order valence-corrected chi connectivity index (χ4v) is 4.07. The van der Waals surface area contributed by atoms with Crippen LogP contribution in [0.2, 0.25) is 0 Å². The number of carbonyl (C=O) groups is 3. The van der Waals surface area contributed by atoms with Gasteiger partial charge in [0, 0.05) is 12.6 Å². The largest absolute Gasteiger partial charge is 0.496 e. The highest BCUT2D eigenvalue weighted by atomic mass is 16.5. The number of benzene rings is 1. The van der Waals surface area contributed by atoms with Crippen molar-refractivity contribution in [2.24, 2.45) is 11.8 Å². The van der Waals surface area contributed by atoms with Crippen LogP contribution in [0.5, 0.6) is 5.75 Å². The van der Waals surface area contributed by atoms with Crippen LogP contribution in [0.25, 0.3) is 0 Å². The van der Waals surface area contributed by atoms with Crippen molar-refractivity contribution in [3.8, 4) is 5.75 Å². The number of likely N-dealkylation sites (N-methyl/N-ethyl adjacent to an activating group) is 1. The second kappa shape index (κ2) is 7.48. The van der Waals surface area contributed by atoms with Gasteiger partial charge in [-0.2, -0.15) is 0 Å². The summed E-state index contributed by atoms with van der Waals surface area (Å²) in [6.07, 6.45) is 3.47. The molecule has 0 aromatic heterocycles. The molecule has 26 heavy (non-hydrogen) atoms. The Balaban J connectivity index is 1.71. The van der Waals surface area contributed by atoms with Crippen molar-refractivity contribution in [2.45, 2.75) is 38.6 Å². The molecule has 2 aliphatic rings. The van der Waals surface area contributed by atoms with Gasteiger partial charge in [-0.15, -0.1) is 0 Å². The fourth-order valence-electron chi connectivity index (χ4n) is 4.07. The molecule has 0 radical (unpaired) electrons. The Morgan fingerprint density at radius 3 is 2.35 bits per heavy atom. The summed E-state index contributed by atoms with van der Waals surface area (Å²) in [4.78, 5) is 40.6. The molecule has 1 aromatic rings. The number of hydrogen-bond donors (Lipinski definition) is 0. The third kappa shape index (κ3) is 3.20. The number of fused-ring (bicyclic) bond motifs is 1. The van der Waals surface area contributed by atoms with E-state index in [1.165, 1.54) is 4.90 Å². The Bertz CT molecular complexity index is 694. The van der Waals surface area contributed by atoms with Gasteiger partial charge in [0.2, 0.25) is 17.7 Å².